The zero-order chi connectivity index (χ0) is 23.5. The van der Waals surface area contributed by atoms with Crippen LogP contribution in [0.15, 0.2) is 83.7 Å². The molecular formula is C28H27N3O3. The van der Waals surface area contributed by atoms with Crippen LogP contribution in [0.2, 0.25) is 0 Å². The van der Waals surface area contributed by atoms with Gasteiger partial charge in [-0.2, -0.15) is 5.10 Å². The Balaban J connectivity index is 1.53. The second-order valence-electron chi connectivity index (χ2n) is 8.50. The van der Waals surface area contributed by atoms with Gasteiger partial charge in [-0.25, -0.2) is 4.68 Å². The van der Waals surface area contributed by atoms with Gasteiger partial charge < -0.3 is 9.64 Å². The number of carbonyl (C=O) groups is 1. The number of amides is 1. The van der Waals surface area contributed by atoms with E-state index in [0.717, 1.165) is 29.7 Å². The highest BCUT2D eigenvalue weighted by Gasteiger charge is 2.32. The molecule has 1 aliphatic rings. The number of hydrogen-bond acceptors (Lipinski definition) is 4. The molecule has 0 radical (unpaired) electrons. The standard InChI is InChI=1S/C28H27N3O3/c1-2-34-22-16-14-21(15-17-22)25-13-8-18-30(25)28(33)26-23-11-6-7-12-24(23)27(32)31(29-26)19-20-9-4-3-5-10-20/h3-7,9-12,14-17,25H,2,8,13,18-19H2,1H3/t25-/m0/s1. The Morgan fingerprint density at radius 2 is 1.68 bits per heavy atom. The smallest absolute Gasteiger partial charge is 0.275 e. The van der Waals surface area contributed by atoms with E-state index in [-0.39, 0.29) is 17.5 Å². The molecule has 0 saturated carbocycles. The zero-order valence-electron chi connectivity index (χ0n) is 19.2. The van der Waals surface area contributed by atoms with E-state index in [9.17, 15) is 9.59 Å². The van der Waals surface area contributed by atoms with Crippen LogP contribution in [0.3, 0.4) is 0 Å². The molecule has 0 spiro atoms. The molecule has 1 atom stereocenters. The first-order valence-electron chi connectivity index (χ1n) is 11.7. The quantitative estimate of drug-likeness (QED) is 0.420. The molecule has 1 amide bonds. The third-order valence-electron chi connectivity index (χ3n) is 6.34. The highest BCUT2D eigenvalue weighted by molar-refractivity contribution is 6.05. The average Bonchev–Trinajstić information content (AvgIpc) is 3.37. The molecule has 6 nitrogen and oxygen atoms in total. The summed E-state index contributed by atoms with van der Waals surface area (Å²) in [6.45, 7) is 3.54. The normalized spacial score (nSPS) is 15.6. The van der Waals surface area contributed by atoms with E-state index in [0.29, 0.717) is 36.2 Å². The summed E-state index contributed by atoms with van der Waals surface area (Å²) in [4.78, 5) is 28.9. The van der Waals surface area contributed by atoms with Crippen LogP contribution < -0.4 is 10.3 Å². The highest BCUT2D eigenvalue weighted by Crippen LogP contribution is 2.34. The molecular weight excluding hydrogens is 426 g/mol. The SMILES string of the molecule is CCOc1ccc([C@@H]2CCCN2C(=O)c2nn(Cc3ccccc3)c(=O)c3ccccc23)cc1. The molecule has 172 valence electrons. The first kappa shape index (κ1) is 21.9. The summed E-state index contributed by atoms with van der Waals surface area (Å²) in [5, 5.41) is 5.70. The van der Waals surface area contributed by atoms with Crippen molar-refractivity contribution < 1.29 is 9.53 Å². The van der Waals surface area contributed by atoms with Crippen LogP contribution in [0.5, 0.6) is 5.75 Å². The van der Waals surface area contributed by atoms with E-state index in [1.54, 1.807) is 6.07 Å². The maximum Gasteiger partial charge on any atom is 0.275 e. The summed E-state index contributed by atoms with van der Waals surface area (Å²) in [5.41, 5.74) is 2.17. The van der Waals surface area contributed by atoms with Gasteiger partial charge in [0.25, 0.3) is 11.5 Å². The number of nitrogens with zero attached hydrogens (tertiary/aromatic N) is 3. The van der Waals surface area contributed by atoms with Crippen LogP contribution in [-0.2, 0) is 6.54 Å². The van der Waals surface area contributed by atoms with Gasteiger partial charge >= 0.3 is 0 Å². The number of hydrogen-bond donors (Lipinski definition) is 0. The first-order valence-corrected chi connectivity index (χ1v) is 11.7. The molecule has 6 heteroatoms. The number of aromatic nitrogens is 2. The minimum atomic E-state index is -0.194. The van der Waals surface area contributed by atoms with Gasteiger partial charge in [0.05, 0.1) is 24.6 Å². The van der Waals surface area contributed by atoms with Gasteiger partial charge in [-0.1, -0.05) is 60.7 Å². The number of likely N-dealkylation sites (tertiary alicyclic amines) is 1. The largest absolute Gasteiger partial charge is 0.494 e. The van der Waals surface area contributed by atoms with E-state index >= 15 is 0 Å². The van der Waals surface area contributed by atoms with E-state index < -0.39 is 0 Å². The lowest BCUT2D eigenvalue weighted by Gasteiger charge is -2.25. The fourth-order valence-electron chi connectivity index (χ4n) is 4.70. The van der Waals surface area contributed by atoms with Crippen molar-refractivity contribution in [2.24, 2.45) is 0 Å². The Hall–Kier alpha value is -3.93. The zero-order valence-corrected chi connectivity index (χ0v) is 19.2. The number of ether oxygens (including phenoxy) is 1. The summed E-state index contributed by atoms with van der Waals surface area (Å²) in [6, 6.07) is 24.9. The molecule has 0 unspecified atom stereocenters. The average molecular weight is 454 g/mol. The van der Waals surface area contributed by atoms with Crippen LogP contribution in [0.4, 0.5) is 0 Å². The summed E-state index contributed by atoms with van der Waals surface area (Å²) >= 11 is 0. The van der Waals surface area contributed by atoms with Crippen LogP contribution in [-0.4, -0.2) is 33.7 Å². The third-order valence-corrected chi connectivity index (χ3v) is 6.34. The molecule has 1 fully saturated rings. The lowest BCUT2D eigenvalue weighted by atomic mass is 10.0. The first-order chi connectivity index (χ1) is 16.7. The summed E-state index contributed by atoms with van der Waals surface area (Å²) in [7, 11) is 0. The molecule has 0 bridgehead atoms. The Labute approximate surface area is 198 Å². The number of benzene rings is 3. The van der Waals surface area contributed by atoms with Crippen molar-refractivity contribution >= 4 is 16.7 Å². The fourth-order valence-corrected chi connectivity index (χ4v) is 4.70. The monoisotopic (exact) mass is 453 g/mol. The maximum atomic E-state index is 13.9. The lowest BCUT2D eigenvalue weighted by molar-refractivity contribution is 0.0729. The van der Waals surface area contributed by atoms with Gasteiger partial charge in [0.15, 0.2) is 5.69 Å². The molecule has 1 aromatic heterocycles. The van der Waals surface area contributed by atoms with Gasteiger partial charge in [0.1, 0.15) is 5.75 Å². The minimum absolute atomic E-state index is 0.0294. The van der Waals surface area contributed by atoms with Gasteiger partial charge in [-0.15, -0.1) is 0 Å². The van der Waals surface area contributed by atoms with Crippen molar-refractivity contribution in [3.63, 3.8) is 0 Å². The third kappa shape index (κ3) is 4.19. The topological polar surface area (TPSA) is 64.4 Å². The van der Waals surface area contributed by atoms with E-state index in [1.165, 1.54) is 4.68 Å². The Morgan fingerprint density at radius 3 is 2.41 bits per heavy atom. The molecule has 34 heavy (non-hydrogen) atoms. The molecule has 1 aliphatic heterocycles. The fraction of sp³-hybridized carbons (Fsp3) is 0.250. The highest BCUT2D eigenvalue weighted by atomic mass is 16.5. The second-order valence-corrected chi connectivity index (χ2v) is 8.50. The van der Waals surface area contributed by atoms with E-state index in [4.69, 9.17) is 4.74 Å². The van der Waals surface area contributed by atoms with Crippen molar-refractivity contribution in [2.45, 2.75) is 32.4 Å². The lowest BCUT2D eigenvalue weighted by Crippen LogP contribution is -2.34. The number of rotatable bonds is 6. The van der Waals surface area contributed by atoms with Crippen LogP contribution in [0.1, 0.15) is 47.4 Å². The molecule has 5 rings (SSSR count). The molecule has 1 saturated heterocycles. The van der Waals surface area contributed by atoms with Crippen LogP contribution in [0.25, 0.3) is 10.8 Å². The van der Waals surface area contributed by atoms with Crippen molar-refractivity contribution in [2.75, 3.05) is 13.2 Å². The minimum Gasteiger partial charge on any atom is -0.494 e. The summed E-state index contributed by atoms with van der Waals surface area (Å²) < 4.78 is 6.98. The van der Waals surface area contributed by atoms with Crippen molar-refractivity contribution in [1.82, 2.24) is 14.7 Å². The molecule has 0 aliphatic carbocycles. The number of carbonyl (C=O) groups excluding carboxylic acids is 1. The van der Waals surface area contributed by atoms with E-state index in [1.807, 2.05) is 84.6 Å². The van der Waals surface area contributed by atoms with E-state index in [2.05, 4.69) is 5.10 Å². The van der Waals surface area contributed by atoms with Crippen LogP contribution >= 0.6 is 0 Å². The van der Waals surface area contributed by atoms with Gasteiger partial charge in [-0.3, -0.25) is 9.59 Å². The van der Waals surface area contributed by atoms with Gasteiger partial charge in [0.2, 0.25) is 0 Å². The van der Waals surface area contributed by atoms with Crippen molar-refractivity contribution in [3.05, 3.63) is 106 Å². The van der Waals surface area contributed by atoms with Crippen molar-refractivity contribution in [1.29, 1.82) is 0 Å². The predicted octanol–water partition coefficient (Wildman–Crippen LogP) is 4.82. The Kier molecular flexibility index (Phi) is 6.12. The van der Waals surface area contributed by atoms with Crippen LogP contribution in [0, 0.1) is 0 Å². The second kappa shape index (κ2) is 9.51. The molecule has 4 aromatic rings. The predicted molar refractivity (Wildman–Crippen MR) is 132 cm³/mol. The van der Waals surface area contributed by atoms with Gasteiger partial charge in [-0.05, 0) is 49.1 Å². The molecule has 3 aromatic carbocycles. The Morgan fingerprint density at radius 1 is 0.971 bits per heavy atom. The Bertz CT molecular complexity index is 1360. The summed E-state index contributed by atoms with van der Waals surface area (Å²) in [6.07, 6.45) is 1.81. The molecule has 2 heterocycles. The number of fused-ring (bicyclic) bond motifs is 1. The van der Waals surface area contributed by atoms with Gasteiger partial charge in [0, 0.05) is 11.9 Å². The molecule has 0 N–H and O–H groups in total. The maximum absolute atomic E-state index is 13.9. The van der Waals surface area contributed by atoms with Crippen molar-refractivity contribution in [3.8, 4) is 5.75 Å². The summed E-state index contributed by atoms with van der Waals surface area (Å²) in [5.74, 6) is 0.678.